The minimum atomic E-state index is -0.976. The zero-order chi connectivity index (χ0) is 33.7. The molecule has 0 spiro atoms. The Morgan fingerprint density at radius 2 is 1.87 bits per heavy atom. The van der Waals surface area contributed by atoms with E-state index >= 15 is 0 Å². The normalized spacial score (nSPS) is 16.3. The van der Waals surface area contributed by atoms with Crippen molar-refractivity contribution in [3.05, 3.63) is 88.6 Å². The molecule has 0 radical (unpaired) electrons. The Hall–Kier alpha value is -5.02. The molecule has 2 aliphatic heterocycles. The second kappa shape index (κ2) is 14.6. The Bertz CT molecular complexity index is 1910. The van der Waals surface area contributed by atoms with E-state index in [1.54, 1.807) is 51.1 Å². The van der Waals surface area contributed by atoms with Gasteiger partial charge >= 0.3 is 11.9 Å². The van der Waals surface area contributed by atoms with Gasteiger partial charge in [0.25, 0.3) is 11.2 Å². The molecule has 0 unspecified atom stereocenters. The maximum atomic E-state index is 14.2. The van der Waals surface area contributed by atoms with E-state index in [0.717, 1.165) is 17.0 Å². The number of esters is 2. The van der Waals surface area contributed by atoms with Gasteiger partial charge in [-0.1, -0.05) is 17.4 Å². The molecule has 3 aromatic rings. The van der Waals surface area contributed by atoms with Crippen LogP contribution >= 0.6 is 11.3 Å². The highest BCUT2D eigenvalue weighted by Crippen LogP contribution is 2.36. The molecular formula is C32H34N4O10S. The average Bonchev–Trinajstić information content (AvgIpc) is 3.37. The van der Waals surface area contributed by atoms with Gasteiger partial charge < -0.3 is 28.6 Å². The minimum absolute atomic E-state index is 0.0976. The van der Waals surface area contributed by atoms with E-state index in [0.29, 0.717) is 42.4 Å². The summed E-state index contributed by atoms with van der Waals surface area (Å²) in [4.78, 5) is 57.7. The molecule has 47 heavy (non-hydrogen) atoms. The number of hydrogen-bond donors (Lipinski definition) is 0. The summed E-state index contributed by atoms with van der Waals surface area (Å²) in [6.07, 6.45) is 1.49. The average molecular weight is 667 g/mol. The van der Waals surface area contributed by atoms with Crippen LogP contribution in [0.25, 0.3) is 6.08 Å². The fraction of sp³-hybridized carbons (Fsp3) is 0.375. The van der Waals surface area contributed by atoms with E-state index in [9.17, 15) is 24.5 Å². The molecule has 0 N–H and O–H groups in total. The Balaban J connectivity index is 1.67. The summed E-state index contributed by atoms with van der Waals surface area (Å²) >= 11 is 1.06. The molecule has 0 saturated carbocycles. The van der Waals surface area contributed by atoms with Gasteiger partial charge in [-0.15, -0.1) is 0 Å². The Labute approximate surface area is 273 Å². The summed E-state index contributed by atoms with van der Waals surface area (Å²) in [7, 11) is 1.25. The number of morpholine rings is 1. The van der Waals surface area contributed by atoms with Crippen molar-refractivity contribution in [3.63, 3.8) is 0 Å². The number of nitro benzene ring substituents is 1. The zero-order valence-corrected chi connectivity index (χ0v) is 27.2. The summed E-state index contributed by atoms with van der Waals surface area (Å²) in [6.45, 7) is 7.47. The first-order valence-electron chi connectivity index (χ1n) is 14.9. The molecule has 1 fully saturated rings. The van der Waals surface area contributed by atoms with Crippen molar-refractivity contribution >= 4 is 40.7 Å². The summed E-state index contributed by atoms with van der Waals surface area (Å²) < 4.78 is 28.5. The quantitative estimate of drug-likeness (QED) is 0.168. The number of nitro groups is 1. The molecule has 0 bridgehead atoms. The maximum absolute atomic E-state index is 14.2. The maximum Gasteiger partial charge on any atom is 0.343 e. The minimum Gasteiger partial charge on any atom is -0.490 e. The van der Waals surface area contributed by atoms with Crippen LogP contribution in [0, 0.1) is 10.1 Å². The SMILES string of the molecule is CCOC(=O)C1=C(C)N=c2s/c(=C\c3cc(N4CCOCC4)ccc3[N+](=O)[O-])c(=O)n2[C@H]1c1ccc(OCC(=O)OC)c(OCC)c1. The number of fused-ring (bicyclic) bond motifs is 1. The number of ether oxygens (including phenoxy) is 5. The lowest BCUT2D eigenvalue weighted by atomic mass is 9.95. The van der Waals surface area contributed by atoms with Gasteiger partial charge in [0.2, 0.25) is 0 Å². The fourth-order valence-electron chi connectivity index (χ4n) is 5.37. The first kappa shape index (κ1) is 33.3. The number of hydrogen-bond acceptors (Lipinski definition) is 13. The summed E-state index contributed by atoms with van der Waals surface area (Å²) in [5, 5.41) is 12.0. The predicted octanol–water partition coefficient (Wildman–Crippen LogP) is 2.49. The zero-order valence-electron chi connectivity index (χ0n) is 26.3. The van der Waals surface area contributed by atoms with Crippen LogP contribution in [-0.4, -0.2) is 74.7 Å². The van der Waals surface area contributed by atoms with Gasteiger partial charge in [-0.3, -0.25) is 19.5 Å². The molecule has 1 aromatic heterocycles. The number of carbonyl (C=O) groups is 2. The van der Waals surface area contributed by atoms with E-state index in [4.69, 9.17) is 18.9 Å². The molecule has 2 aliphatic rings. The van der Waals surface area contributed by atoms with Gasteiger partial charge in [-0.05, 0) is 56.7 Å². The van der Waals surface area contributed by atoms with Crippen molar-refractivity contribution in [3.8, 4) is 11.5 Å². The lowest BCUT2D eigenvalue weighted by Crippen LogP contribution is -2.40. The third-order valence-electron chi connectivity index (χ3n) is 7.54. The Kier molecular flexibility index (Phi) is 10.4. The second-order valence-electron chi connectivity index (χ2n) is 10.4. The monoisotopic (exact) mass is 666 g/mol. The largest absolute Gasteiger partial charge is 0.490 e. The number of aromatic nitrogens is 1. The molecule has 0 amide bonds. The molecule has 1 atom stereocenters. The number of rotatable bonds is 11. The highest BCUT2D eigenvalue weighted by atomic mass is 32.1. The molecule has 3 heterocycles. The van der Waals surface area contributed by atoms with Crippen LogP contribution in [0.4, 0.5) is 11.4 Å². The van der Waals surface area contributed by atoms with E-state index < -0.39 is 28.5 Å². The molecule has 1 saturated heterocycles. The van der Waals surface area contributed by atoms with E-state index in [2.05, 4.69) is 14.6 Å². The van der Waals surface area contributed by atoms with Crippen molar-refractivity contribution in [1.29, 1.82) is 0 Å². The van der Waals surface area contributed by atoms with Crippen LogP contribution in [0.15, 0.2) is 57.5 Å². The predicted molar refractivity (Wildman–Crippen MR) is 172 cm³/mol. The standard InChI is InChI=1S/C32H34N4O10S/c1-5-44-25-16-20(7-10-24(25)46-18-27(37)42-4)29-28(31(39)45-6-2)19(3)33-32-35(29)30(38)26(47-32)17-21-15-22(8-9-23(21)36(40)41)34-11-13-43-14-12-34/h7-10,15-17,29H,5-6,11-14,18H2,1-4H3/b26-17-/t29-/m0/s1. The first-order chi connectivity index (χ1) is 22.7. The van der Waals surface area contributed by atoms with Crippen LogP contribution in [0.1, 0.15) is 37.9 Å². The number of benzene rings is 2. The highest BCUT2D eigenvalue weighted by molar-refractivity contribution is 7.07. The first-order valence-corrected chi connectivity index (χ1v) is 15.8. The number of nitrogens with zero attached hydrogens (tertiary/aromatic N) is 4. The summed E-state index contributed by atoms with van der Waals surface area (Å²) in [5.41, 5.74) is 1.37. The lowest BCUT2D eigenvalue weighted by molar-refractivity contribution is -0.385. The number of anilines is 1. The molecule has 248 valence electrons. The summed E-state index contributed by atoms with van der Waals surface area (Å²) in [5.74, 6) is -0.683. The number of allylic oxidation sites excluding steroid dienone is 1. The molecule has 14 nitrogen and oxygen atoms in total. The van der Waals surface area contributed by atoms with Crippen molar-refractivity contribution in [1.82, 2.24) is 4.57 Å². The van der Waals surface area contributed by atoms with Crippen LogP contribution in [0.5, 0.6) is 11.5 Å². The number of thiazole rings is 1. The topological polar surface area (TPSA) is 161 Å². The van der Waals surface area contributed by atoms with Gasteiger partial charge in [0.05, 0.1) is 65.9 Å². The van der Waals surface area contributed by atoms with E-state index in [1.807, 2.05) is 0 Å². The third-order valence-corrected chi connectivity index (χ3v) is 8.53. The van der Waals surface area contributed by atoms with Gasteiger partial charge in [0.15, 0.2) is 22.9 Å². The van der Waals surface area contributed by atoms with Crippen molar-refractivity contribution in [2.24, 2.45) is 4.99 Å². The van der Waals surface area contributed by atoms with E-state index in [-0.39, 0.29) is 52.7 Å². The van der Waals surface area contributed by atoms with Gasteiger partial charge in [0.1, 0.15) is 0 Å². The van der Waals surface area contributed by atoms with Crippen LogP contribution in [0.2, 0.25) is 0 Å². The van der Waals surface area contributed by atoms with Gasteiger partial charge in [-0.2, -0.15) is 0 Å². The van der Waals surface area contributed by atoms with Crippen molar-refractivity contribution in [2.45, 2.75) is 26.8 Å². The highest BCUT2D eigenvalue weighted by Gasteiger charge is 2.34. The molecule has 15 heteroatoms. The van der Waals surface area contributed by atoms with Gasteiger partial charge in [0, 0.05) is 24.8 Å². The number of carbonyl (C=O) groups excluding carboxylic acids is 2. The van der Waals surface area contributed by atoms with Crippen molar-refractivity contribution in [2.75, 3.05) is 58.1 Å². The lowest BCUT2D eigenvalue weighted by Gasteiger charge is -2.29. The molecule has 5 rings (SSSR count). The molecule has 2 aromatic carbocycles. The van der Waals surface area contributed by atoms with Crippen LogP contribution in [-0.2, 0) is 23.8 Å². The number of methoxy groups -OCH3 is 1. The molecular weight excluding hydrogens is 632 g/mol. The smallest absolute Gasteiger partial charge is 0.343 e. The third kappa shape index (κ3) is 7.05. The Morgan fingerprint density at radius 1 is 1.11 bits per heavy atom. The van der Waals surface area contributed by atoms with E-state index in [1.165, 1.54) is 23.8 Å². The van der Waals surface area contributed by atoms with Crippen LogP contribution in [0.3, 0.4) is 0 Å². The van der Waals surface area contributed by atoms with Gasteiger partial charge in [-0.25, -0.2) is 14.6 Å². The second-order valence-corrected chi connectivity index (χ2v) is 11.4. The molecule has 0 aliphatic carbocycles. The fourth-order valence-corrected chi connectivity index (χ4v) is 6.41. The van der Waals surface area contributed by atoms with Crippen LogP contribution < -0.4 is 29.3 Å². The van der Waals surface area contributed by atoms with Crippen molar-refractivity contribution < 1.29 is 38.2 Å². The Morgan fingerprint density at radius 3 is 2.55 bits per heavy atom. The summed E-state index contributed by atoms with van der Waals surface area (Å²) in [6, 6.07) is 8.70.